The Bertz CT molecular complexity index is 823. The van der Waals surface area contributed by atoms with Crippen molar-refractivity contribution in [3.05, 3.63) is 56.6 Å². The van der Waals surface area contributed by atoms with Crippen molar-refractivity contribution in [2.75, 3.05) is 5.32 Å². The fourth-order valence-electron chi connectivity index (χ4n) is 1.94. The molecule has 0 amide bonds. The van der Waals surface area contributed by atoms with Crippen molar-refractivity contribution in [3.8, 4) is 0 Å². The van der Waals surface area contributed by atoms with E-state index < -0.39 is 5.76 Å². The molecule has 0 fully saturated rings. The van der Waals surface area contributed by atoms with Crippen LogP contribution >= 0.6 is 15.9 Å². The molecule has 2 heterocycles. The molecule has 2 N–H and O–H groups in total. The first-order valence-corrected chi connectivity index (χ1v) is 6.89. The summed E-state index contributed by atoms with van der Waals surface area (Å²) in [6, 6.07) is 7.56. The minimum atomic E-state index is -0.435. The minimum absolute atomic E-state index is 0.435. The first kappa shape index (κ1) is 12.9. The molecular formula is C14H12BrN3O2. The van der Waals surface area contributed by atoms with Gasteiger partial charge in [0.15, 0.2) is 5.58 Å². The lowest BCUT2D eigenvalue weighted by atomic mass is 10.2. The van der Waals surface area contributed by atoms with Crippen molar-refractivity contribution in [2.24, 2.45) is 0 Å². The molecule has 0 atom stereocenters. The van der Waals surface area contributed by atoms with Crippen molar-refractivity contribution >= 4 is 32.8 Å². The lowest BCUT2D eigenvalue weighted by Gasteiger charge is -2.07. The highest BCUT2D eigenvalue weighted by Crippen LogP contribution is 2.18. The van der Waals surface area contributed by atoms with E-state index in [9.17, 15) is 4.79 Å². The molecule has 1 aromatic carbocycles. The molecular weight excluding hydrogens is 322 g/mol. The molecule has 0 aliphatic heterocycles. The standard InChI is InChI=1S/C14H12BrN3O2/c1-8-4-13(17-7-10(8)15)16-6-9-2-3-12-11(5-9)18-14(19)20-12/h2-5,7H,6H2,1H3,(H,16,17)(H,18,19). The van der Waals surface area contributed by atoms with E-state index in [4.69, 9.17) is 4.42 Å². The smallest absolute Gasteiger partial charge is 0.408 e. The highest BCUT2D eigenvalue weighted by molar-refractivity contribution is 9.10. The van der Waals surface area contributed by atoms with E-state index in [1.165, 1.54) is 0 Å². The van der Waals surface area contributed by atoms with Gasteiger partial charge in [-0.05, 0) is 52.2 Å². The molecule has 2 aromatic heterocycles. The van der Waals surface area contributed by atoms with E-state index in [1.807, 2.05) is 25.1 Å². The number of aromatic amines is 1. The van der Waals surface area contributed by atoms with Crippen LogP contribution in [0.3, 0.4) is 0 Å². The van der Waals surface area contributed by atoms with Crippen LogP contribution in [-0.2, 0) is 6.54 Å². The van der Waals surface area contributed by atoms with Crippen LogP contribution in [0.15, 0.2) is 44.1 Å². The largest absolute Gasteiger partial charge is 0.417 e. The summed E-state index contributed by atoms with van der Waals surface area (Å²) in [5.74, 6) is 0.377. The highest BCUT2D eigenvalue weighted by atomic mass is 79.9. The fourth-order valence-corrected chi connectivity index (χ4v) is 2.15. The lowest BCUT2D eigenvalue weighted by molar-refractivity contribution is 0.555. The maximum Gasteiger partial charge on any atom is 0.417 e. The molecule has 5 nitrogen and oxygen atoms in total. The molecule has 102 valence electrons. The number of nitrogens with zero attached hydrogens (tertiary/aromatic N) is 1. The molecule has 3 aromatic rings. The summed E-state index contributed by atoms with van der Waals surface area (Å²) in [4.78, 5) is 18.0. The van der Waals surface area contributed by atoms with Gasteiger partial charge in [-0.25, -0.2) is 9.78 Å². The summed E-state index contributed by atoms with van der Waals surface area (Å²) in [6.07, 6.45) is 1.77. The zero-order valence-corrected chi connectivity index (χ0v) is 12.3. The molecule has 20 heavy (non-hydrogen) atoms. The molecule has 0 spiro atoms. The number of halogens is 1. The van der Waals surface area contributed by atoms with Gasteiger partial charge in [-0.3, -0.25) is 4.98 Å². The van der Waals surface area contributed by atoms with E-state index >= 15 is 0 Å². The van der Waals surface area contributed by atoms with Gasteiger partial charge in [0.25, 0.3) is 0 Å². The van der Waals surface area contributed by atoms with E-state index in [-0.39, 0.29) is 0 Å². The Labute approximate surface area is 123 Å². The molecule has 0 saturated heterocycles. The topological polar surface area (TPSA) is 70.9 Å². The van der Waals surface area contributed by atoms with E-state index in [0.717, 1.165) is 21.4 Å². The summed E-state index contributed by atoms with van der Waals surface area (Å²) in [7, 11) is 0. The Morgan fingerprint density at radius 2 is 2.25 bits per heavy atom. The predicted molar refractivity (Wildman–Crippen MR) is 80.8 cm³/mol. The third-order valence-electron chi connectivity index (χ3n) is 3.00. The summed E-state index contributed by atoms with van der Waals surface area (Å²) in [5.41, 5.74) is 3.43. The van der Waals surface area contributed by atoms with Crippen LogP contribution in [0.1, 0.15) is 11.1 Å². The van der Waals surface area contributed by atoms with Gasteiger partial charge in [-0.1, -0.05) is 6.07 Å². The van der Waals surface area contributed by atoms with E-state index in [0.29, 0.717) is 17.6 Å². The summed E-state index contributed by atoms with van der Waals surface area (Å²) in [6.45, 7) is 2.64. The van der Waals surface area contributed by atoms with Gasteiger partial charge >= 0.3 is 5.76 Å². The first-order valence-electron chi connectivity index (χ1n) is 6.09. The molecule has 3 rings (SSSR count). The lowest BCUT2D eigenvalue weighted by Crippen LogP contribution is -2.01. The van der Waals surface area contributed by atoms with Crippen molar-refractivity contribution in [1.82, 2.24) is 9.97 Å². The van der Waals surface area contributed by atoms with Crippen LogP contribution in [0.4, 0.5) is 5.82 Å². The number of aromatic nitrogens is 2. The van der Waals surface area contributed by atoms with Gasteiger partial charge < -0.3 is 9.73 Å². The van der Waals surface area contributed by atoms with E-state index in [1.54, 1.807) is 12.3 Å². The number of rotatable bonds is 3. The quantitative estimate of drug-likeness (QED) is 0.772. The number of benzene rings is 1. The van der Waals surface area contributed by atoms with Gasteiger partial charge in [0.2, 0.25) is 0 Å². The fraction of sp³-hybridized carbons (Fsp3) is 0.143. The van der Waals surface area contributed by atoms with Gasteiger partial charge in [0, 0.05) is 17.2 Å². The van der Waals surface area contributed by atoms with Crippen molar-refractivity contribution in [1.29, 1.82) is 0 Å². The molecule has 0 aliphatic carbocycles. The summed E-state index contributed by atoms with van der Waals surface area (Å²) >= 11 is 3.42. The van der Waals surface area contributed by atoms with Crippen molar-refractivity contribution in [2.45, 2.75) is 13.5 Å². The number of oxazole rings is 1. The number of H-pyrrole nitrogens is 1. The number of hydrogen-bond donors (Lipinski definition) is 2. The second kappa shape index (κ2) is 5.13. The van der Waals surface area contributed by atoms with Crippen molar-refractivity contribution in [3.63, 3.8) is 0 Å². The number of aryl methyl sites for hydroxylation is 1. The van der Waals surface area contributed by atoms with Crippen LogP contribution in [0.2, 0.25) is 0 Å². The predicted octanol–water partition coefficient (Wildman–Crippen LogP) is 3.20. The molecule has 0 radical (unpaired) electrons. The molecule has 6 heteroatoms. The van der Waals surface area contributed by atoms with Crippen LogP contribution in [0, 0.1) is 6.92 Å². The Hall–Kier alpha value is -2.08. The SMILES string of the molecule is Cc1cc(NCc2ccc3oc(=O)[nH]c3c2)ncc1Br. The summed E-state index contributed by atoms with van der Waals surface area (Å²) < 4.78 is 5.95. The van der Waals surface area contributed by atoms with Crippen molar-refractivity contribution < 1.29 is 4.42 Å². The number of pyridine rings is 1. The maximum atomic E-state index is 11.1. The third kappa shape index (κ3) is 2.60. The minimum Gasteiger partial charge on any atom is -0.408 e. The second-order valence-electron chi connectivity index (χ2n) is 4.52. The Morgan fingerprint density at radius 1 is 1.40 bits per heavy atom. The average Bonchev–Trinajstić information content (AvgIpc) is 2.79. The highest BCUT2D eigenvalue weighted by Gasteiger charge is 2.03. The monoisotopic (exact) mass is 333 g/mol. The van der Waals surface area contributed by atoms with E-state index in [2.05, 4.69) is 31.2 Å². The number of fused-ring (bicyclic) bond motifs is 1. The van der Waals surface area contributed by atoms with Crippen LogP contribution in [0.5, 0.6) is 0 Å². The second-order valence-corrected chi connectivity index (χ2v) is 5.37. The summed E-state index contributed by atoms with van der Waals surface area (Å²) in [5, 5.41) is 3.25. The number of nitrogens with one attached hydrogen (secondary N) is 2. The molecule has 0 unspecified atom stereocenters. The normalized spacial score (nSPS) is 10.9. The first-order chi connectivity index (χ1) is 9.61. The molecule has 0 aliphatic rings. The van der Waals surface area contributed by atoms with Gasteiger partial charge in [-0.15, -0.1) is 0 Å². The Balaban J connectivity index is 1.78. The van der Waals surface area contributed by atoms with Gasteiger partial charge in [0.05, 0.1) is 5.52 Å². The number of anilines is 1. The Morgan fingerprint density at radius 3 is 3.05 bits per heavy atom. The molecule has 0 bridgehead atoms. The molecule has 0 saturated carbocycles. The van der Waals surface area contributed by atoms with Gasteiger partial charge in [-0.2, -0.15) is 0 Å². The van der Waals surface area contributed by atoms with Crippen LogP contribution < -0.4 is 11.1 Å². The average molecular weight is 334 g/mol. The van der Waals surface area contributed by atoms with Crippen LogP contribution in [-0.4, -0.2) is 9.97 Å². The number of hydrogen-bond acceptors (Lipinski definition) is 4. The Kier molecular flexibility index (Phi) is 3.31. The zero-order chi connectivity index (χ0) is 14.1. The third-order valence-corrected chi connectivity index (χ3v) is 3.83. The zero-order valence-electron chi connectivity index (χ0n) is 10.7. The van der Waals surface area contributed by atoms with Gasteiger partial charge in [0.1, 0.15) is 5.82 Å². The van der Waals surface area contributed by atoms with Crippen LogP contribution in [0.25, 0.3) is 11.1 Å². The maximum absolute atomic E-state index is 11.1.